The number of benzene rings is 3. The quantitative estimate of drug-likeness (QED) is 0.466. The van der Waals surface area contributed by atoms with Gasteiger partial charge in [0, 0.05) is 10.1 Å². The molecule has 0 aliphatic carbocycles. The first kappa shape index (κ1) is 19.2. The number of hydrogen-bond donors (Lipinski definition) is 2. The zero-order valence-electron chi connectivity index (χ0n) is 15.5. The minimum Gasteiger partial charge on any atom is -0.497 e. The van der Waals surface area contributed by atoms with Gasteiger partial charge < -0.3 is 4.74 Å². The molecular formula is C22H17ClN2O3S. The zero-order chi connectivity index (χ0) is 20.4. The monoisotopic (exact) mass is 424 g/mol. The van der Waals surface area contributed by atoms with Crippen molar-refractivity contribution in [1.82, 2.24) is 10.9 Å². The molecule has 0 aliphatic heterocycles. The first-order valence-corrected chi connectivity index (χ1v) is 10.1. The van der Waals surface area contributed by atoms with Crippen molar-refractivity contribution in [3.8, 4) is 5.75 Å². The number of hydrogen-bond acceptors (Lipinski definition) is 4. The number of rotatable bonds is 4. The lowest BCUT2D eigenvalue weighted by Gasteiger charge is -2.09. The molecule has 1 heterocycles. The van der Waals surface area contributed by atoms with E-state index in [1.165, 1.54) is 11.3 Å². The number of methoxy groups -OCH3 is 1. The maximum absolute atomic E-state index is 12.5. The molecule has 0 unspecified atom stereocenters. The average Bonchev–Trinajstić information content (AvgIpc) is 3.08. The van der Waals surface area contributed by atoms with Crippen molar-refractivity contribution in [3.05, 3.63) is 76.1 Å². The van der Waals surface area contributed by atoms with Crippen molar-refractivity contribution < 1.29 is 14.3 Å². The molecule has 4 rings (SSSR count). The van der Waals surface area contributed by atoms with Gasteiger partial charge in [-0.25, -0.2) is 0 Å². The van der Waals surface area contributed by atoms with Crippen LogP contribution in [0.3, 0.4) is 0 Å². The first-order valence-electron chi connectivity index (χ1n) is 8.88. The van der Waals surface area contributed by atoms with E-state index < -0.39 is 5.91 Å². The maximum atomic E-state index is 12.5. The molecule has 3 aromatic carbocycles. The van der Waals surface area contributed by atoms with Gasteiger partial charge in [0.25, 0.3) is 5.91 Å². The lowest BCUT2D eigenvalue weighted by Crippen LogP contribution is -2.42. The Morgan fingerprint density at radius 1 is 1.00 bits per heavy atom. The number of thiophene rings is 1. The van der Waals surface area contributed by atoms with E-state index in [0.29, 0.717) is 15.6 Å². The number of fused-ring (bicyclic) bond motifs is 2. The third-order valence-electron chi connectivity index (χ3n) is 4.59. The van der Waals surface area contributed by atoms with Crippen LogP contribution in [0, 0.1) is 0 Å². The van der Waals surface area contributed by atoms with E-state index in [2.05, 4.69) is 10.9 Å². The van der Waals surface area contributed by atoms with Gasteiger partial charge in [-0.3, -0.25) is 20.4 Å². The average molecular weight is 425 g/mol. The Hall–Kier alpha value is -3.09. The molecule has 0 radical (unpaired) electrons. The lowest BCUT2D eigenvalue weighted by atomic mass is 10.0. The molecule has 29 heavy (non-hydrogen) atoms. The van der Waals surface area contributed by atoms with Crippen molar-refractivity contribution in [2.45, 2.75) is 6.42 Å². The second-order valence-electron chi connectivity index (χ2n) is 6.42. The van der Waals surface area contributed by atoms with Crippen LogP contribution in [0.5, 0.6) is 5.75 Å². The third kappa shape index (κ3) is 3.90. The van der Waals surface area contributed by atoms with Crippen LogP contribution in [0.4, 0.5) is 0 Å². The SMILES string of the molecule is COc1ccc2c(Cl)c(C(=O)NNC(=O)Cc3cccc4ccccc34)sc2c1. The summed E-state index contributed by atoms with van der Waals surface area (Å²) in [6.45, 7) is 0. The molecule has 5 nitrogen and oxygen atoms in total. The number of ether oxygens (including phenoxy) is 1. The molecule has 2 amide bonds. The van der Waals surface area contributed by atoms with Crippen LogP contribution in [-0.4, -0.2) is 18.9 Å². The van der Waals surface area contributed by atoms with Crippen LogP contribution in [0.1, 0.15) is 15.2 Å². The van der Waals surface area contributed by atoms with Crippen LogP contribution in [0.25, 0.3) is 20.9 Å². The van der Waals surface area contributed by atoms with Crippen LogP contribution >= 0.6 is 22.9 Å². The standard InChI is InChI=1S/C22H17ClN2O3S/c1-28-15-9-10-17-18(12-15)29-21(20(17)23)22(27)25-24-19(26)11-14-7-4-6-13-5-2-3-8-16(13)14/h2-10,12H,11H2,1H3,(H,24,26)(H,25,27). The zero-order valence-corrected chi connectivity index (χ0v) is 17.1. The molecule has 0 saturated heterocycles. The number of amides is 2. The highest BCUT2D eigenvalue weighted by molar-refractivity contribution is 7.21. The summed E-state index contributed by atoms with van der Waals surface area (Å²) >= 11 is 7.60. The Labute approximate surface area is 176 Å². The summed E-state index contributed by atoms with van der Waals surface area (Å²) in [6, 6.07) is 19.1. The molecule has 146 valence electrons. The van der Waals surface area contributed by atoms with Gasteiger partial charge in [-0.2, -0.15) is 0 Å². The fourth-order valence-corrected chi connectivity index (χ4v) is 4.61. The minimum atomic E-state index is -0.457. The van der Waals surface area contributed by atoms with Gasteiger partial charge in [-0.05, 0) is 34.5 Å². The van der Waals surface area contributed by atoms with Gasteiger partial charge in [0.1, 0.15) is 10.6 Å². The Bertz CT molecular complexity index is 1230. The summed E-state index contributed by atoms with van der Waals surface area (Å²) < 4.78 is 6.04. The number of nitrogens with one attached hydrogen (secondary N) is 2. The smallest absolute Gasteiger partial charge is 0.281 e. The van der Waals surface area contributed by atoms with Crippen molar-refractivity contribution >= 4 is 55.6 Å². The topological polar surface area (TPSA) is 67.4 Å². The number of carbonyl (C=O) groups excluding carboxylic acids is 2. The highest BCUT2D eigenvalue weighted by atomic mass is 35.5. The summed E-state index contributed by atoms with van der Waals surface area (Å²) in [4.78, 5) is 25.2. The Kier molecular flexibility index (Phi) is 5.38. The predicted octanol–water partition coefficient (Wildman–Crippen LogP) is 4.72. The summed E-state index contributed by atoms with van der Waals surface area (Å²) in [6.07, 6.45) is 0.152. The van der Waals surface area contributed by atoms with E-state index in [1.807, 2.05) is 54.6 Å². The fraction of sp³-hybridized carbons (Fsp3) is 0.0909. The molecule has 4 aromatic rings. The molecule has 0 fully saturated rings. The Morgan fingerprint density at radius 3 is 2.62 bits per heavy atom. The Morgan fingerprint density at radius 2 is 1.79 bits per heavy atom. The molecule has 1 aromatic heterocycles. The third-order valence-corrected chi connectivity index (χ3v) is 6.25. The number of hydrazine groups is 1. The van der Waals surface area contributed by atoms with E-state index in [-0.39, 0.29) is 12.3 Å². The van der Waals surface area contributed by atoms with E-state index in [0.717, 1.165) is 26.4 Å². The van der Waals surface area contributed by atoms with Gasteiger partial charge in [0.05, 0.1) is 18.6 Å². The van der Waals surface area contributed by atoms with Crippen molar-refractivity contribution in [3.63, 3.8) is 0 Å². The van der Waals surface area contributed by atoms with Gasteiger partial charge in [0.2, 0.25) is 5.91 Å². The Balaban J connectivity index is 1.46. The first-order chi connectivity index (χ1) is 14.1. The van der Waals surface area contributed by atoms with Crippen LogP contribution in [0.15, 0.2) is 60.7 Å². The van der Waals surface area contributed by atoms with Gasteiger partial charge in [0.15, 0.2) is 0 Å². The molecule has 7 heteroatoms. The molecule has 0 atom stereocenters. The highest BCUT2D eigenvalue weighted by Crippen LogP contribution is 2.37. The largest absolute Gasteiger partial charge is 0.497 e. The summed E-state index contributed by atoms with van der Waals surface area (Å²) in [5.74, 6) is -0.0826. The molecule has 2 N–H and O–H groups in total. The normalized spacial score (nSPS) is 10.8. The van der Waals surface area contributed by atoms with Crippen molar-refractivity contribution in [2.75, 3.05) is 7.11 Å². The predicted molar refractivity (Wildman–Crippen MR) is 117 cm³/mol. The van der Waals surface area contributed by atoms with E-state index in [9.17, 15) is 9.59 Å². The van der Waals surface area contributed by atoms with Crippen LogP contribution < -0.4 is 15.6 Å². The highest BCUT2D eigenvalue weighted by Gasteiger charge is 2.18. The van der Waals surface area contributed by atoms with E-state index in [1.54, 1.807) is 13.2 Å². The van der Waals surface area contributed by atoms with Gasteiger partial charge >= 0.3 is 0 Å². The minimum absolute atomic E-state index is 0.152. The molecule has 0 spiro atoms. The second-order valence-corrected chi connectivity index (χ2v) is 7.85. The van der Waals surface area contributed by atoms with Crippen LogP contribution in [-0.2, 0) is 11.2 Å². The van der Waals surface area contributed by atoms with Gasteiger partial charge in [-0.15, -0.1) is 11.3 Å². The van der Waals surface area contributed by atoms with Gasteiger partial charge in [-0.1, -0.05) is 54.1 Å². The summed E-state index contributed by atoms with van der Waals surface area (Å²) in [5.41, 5.74) is 5.82. The van der Waals surface area contributed by atoms with E-state index in [4.69, 9.17) is 16.3 Å². The molecule has 0 saturated carbocycles. The summed E-state index contributed by atoms with van der Waals surface area (Å²) in [5, 5.41) is 3.20. The lowest BCUT2D eigenvalue weighted by molar-refractivity contribution is -0.121. The summed E-state index contributed by atoms with van der Waals surface area (Å²) in [7, 11) is 1.58. The molecular weight excluding hydrogens is 408 g/mol. The van der Waals surface area contributed by atoms with Crippen LogP contribution in [0.2, 0.25) is 5.02 Å². The second kappa shape index (κ2) is 8.11. The van der Waals surface area contributed by atoms with E-state index >= 15 is 0 Å². The fourth-order valence-electron chi connectivity index (χ4n) is 3.17. The van der Waals surface area contributed by atoms with Crippen molar-refractivity contribution in [2.24, 2.45) is 0 Å². The number of carbonyl (C=O) groups is 2. The molecule has 0 aliphatic rings. The maximum Gasteiger partial charge on any atom is 0.281 e. The van der Waals surface area contributed by atoms with Crippen molar-refractivity contribution in [1.29, 1.82) is 0 Å². The number of halogens is 1. The molecule has 0 bridgehead atoms.